The first-order valence-electron chi connectivity index (χ1n) is 3.38. The van der Waals surface area contributed by atoms with Gasteiger partial charge in [-0.25, -0.2) is 0 Å². The van der Waals surface area contributed by atoms with Crippen LogP contribution in [0.5, 0.6) is 0 Å². The SMILES string of the molecule is C=C(Cl)/C=C\C(C=O)=C/CC. The van der Waals surface area contributed by atoms with Gasteiger partial charge in [-0.15, -0.1) is 0 Å². The van der Waals surface area contributed by atoms with Gasteiger partial charge in [0, 0.05) is 10.6 Å². The number of carbonyl (C=O) groups is 1. The highest BCUT2D eigenvalue weighted by Crippen LogP contribution is 2.02. The van der Waals surface area contributed by atoms with Crippen molar-refractivity contribution in [1.29, 1.82) is 0 Å². The van der Waals surface area contributed by atoms with Crippen molar-refractivity contribution in [1.82, 2.24) is 0 Å². The number of rotatable bonds is 4. The largest absolute Gasteiger partial charge is 0.298 e. The third kappa shape index (κ3) is 5.62. The Morgan fingerprint density at radius 3 is 2.55 bits per heavy atom. The molecule has 0 aromatic heterocycles. The van der Waals surface area contributed by atoms with E-state index < -0.39 is 0 Å². The molecule has 0 saturated carbocycles. The third-order valence-corrected chi connectivity index (χ3v) is 1.16. The number of halogens is 1. The lowest BCUT2D eigenvalue weighted by atomic mass is 10.2. The molecule has 2 heteroatoms. The first-order chi connectivity index (χ1) is 5.20. The smallest absolute Gasteiger partial charge is 0.149 e. The zero-order chi connectivity index (χ0) is 8.69. The van der Waals surface area contributed by atoms with Crippen LogP contribution in [0.4, 0.5) is 0 Å². The van der Waals surface area contributed by atoms with E-state index in [1.807, 2.05) is 13.0 Å². The molecule has 0 unspecified atom stereocenters. The van der Waals surface area contributed by atoms with Crippen molar-refractivity contribution in [2.24, 2.45) is 0 Å². The first-order valence-corrected chi connectivity index (χ1v) is 3.76. The van der Waals surface area contributed by atoms with E-state index >= 15 is 0 Å². The molecular formula is C9H11ClO. The van der Waals surface area contributed by atoms with Crippen LogP contribution in [0.25, 0.3) is 0 Å². The summed E-state index contributed by atoms with van der Waals surface area (Å²) in [6.07, 6.45) is 6.69. The van der Waals surface area contributed by atoms with Gasteiger partial charge in [0.05, 0.1) is 0 Å². The van der Waals surface area contributed by atoms with Gasteiger partial charge in [0.25, 0.3) is 0 Å². The molecule has 1 nitrogen and oxygen atoms in total. The molecule has 0 radical (unpaired) electrons. The van der Waals surface area contributed by atoms with Gasteiger partial charge in [0.15, 0.2) is 0 Å². The summed E-state index contributed by atoms with van der Waals surface area (Å²) in [5.74, 6) is 0. The van der Waals surface area contributed by atoms with E-state index in [1.165, 1.54) is 0 Å². The number of hydrogen-bond acceptors (Lipinski definition) is 1. The van der Waals surface area contributed by atoms with Crippen LogP contribution in [-0.4, -0.2) is 6.29 Å². The summed E-state index contributed by atoms with van der Waals surface area (Å²) in [4.78, 5) is 10.3. The average Bonchev–Trinajstić information content (AvgIpc) is 1.97. The Bertz CT molecular complexity index is 202. The Balaban J connectivity index is 4.19. The fourth-order valence-corrected chi connectivity index (χ4v) is 0.641. The summed E-state index contributed by atoms with van der Waals surface area (Å²) < 4.78 is 0. The molecule has 0 aliphatic heterocycles. The number of allylic oxidation sites excluding steroid dienone is 5. The van der Waals surface area contributed by atoms with Crippen LogP contribution in [0.1, 0.15) is 13.3 Å². The molecule has 0 aromatic rings. The quantitative estimate of drug-likeness (QED) is 0.360. The summed E-state index contributed by atoms with van der Waals surface area (Å²) >= 11 is 5.45. The van der Waals surface area contributed by atoms with Gasteiger partial charge >= 0.3 is 0 Å². The van der Waals surface area contributed by atoms with Crippen LogP contribution >= 0.6 is 11.6 Å². The second-order valence-electron chi connectivity index (χ2n) is 2.01. The molecule has 0 aliphatic rings. The van der Waals surface area contributed by atoms with Crippen LogP contribution in [0, 0.1) is 0 Å². The van der Waals surface area contributed by atoms with Crippen LogP contribution < -0.4 is 0 Å². The summed E-state index contributed by atoms with van der Waals surface area (Å²) in [7, 11) is 0. The van der Waals surface area contributed by atoms with Crippen LogP contribution in [0.15, 0.2) is 35.4 Å². The van der Waals surface area contributed by atoms with Crippen molar-refractivity contribution >= 4 is 17.9 Å². The van der Waals surface area contributed by atoms with Crippen molar-refractivity contribution < 1.29 is 4.79 Å². The van der Waals surface area contributed by atoms with Gasteiger partial charge in [-0.2, -0.15) is 0 Å². The number of hydrogen-bond donors (Lipinski definition) is 0. The lowest BCUT2D eigenvalue weighted by Gasteiger charge is -1.87. The van der Waals surface area contributed by atoms with Gasteiger partial charge in [-0.1, -0.05) is 37.3 Å². The van der Waals surface area contributed by atoms with Gasteiger partial charge in [0.2, 0.25) is 0 Å². The maximum atomic E-state index is 10.3. The predicted molar refractivity (Wildman–Crippen MR) is 48.6 cm³/mol. The van der Waals surface area contributed by atoms with E-state index in [4.69, 9.17) is 11.6 Å². The Morgan fingerprint density at radius 2 is 2.18 bits per heavy atom. The lowest BCUT2D eigenvalue weighted by Crippen LogP contribution is -1.77. The maximum Gasteiger partial charge on any atom is 0.149 e. The van der Waals surface area contributed by atoms with Gasteiger partial charge in [-0.05, 0) is 12.5 Å². The molecular weight excluding hydrogens is 160 g/mol. The molecule has 0 aliphatic carbocycles. The fraction of sp³-hybridized carbons (Fsp3) is 0.222. The Labute approximate surface area is 72.1 Å². The fourth-order valence-electron chi connectivity index (χ4n) is 0.578. The van der Waals surface area contributed by atoms with Crippen LogP contribution in [0.3, 0.4) is 0 Å². The maximum absolute atomic E-state index is 10.3. The zero-order valence-corrected chi connectivity index (χ0v) is 7.27. The topological polar surface area (TPSA) is 17.1 Å². The van der Waals surface area contributed by atoms with Crippen molar-refractivity contribution in [2.45, 2.75) is 13.3 Å². The van der Waals surface area contributed by atoms with Gasteiger partial charge in [0.1, 0.15) is 6.29 Å². The van der Waals surface area contributed by atoms with E-state index in [1.54, 1.807) is 12.2 Å². The minimum absolute atomic E-state index is 0.425. The highest BCUT2D eigenvalue weighted by molar-refractivity contribution is 6.30. The molecule has 0 bridgehead atoms. The lowest BCUT2D eigenvalue weighted by molar-refractivity contribution is -0.104. The van der Waals surface area contributed by atoms with Gasteiger partial charge in [-0.3, -0.25) is 4.79 Å². The standard InChI is InChI=1S/C9H11ClO/c1-3-4-9(7-11)6-5-8(2)10/h4-7H,2-3H2,1H3/b6-5-,9-4+. The first kappa shape index (κ1) is 10.2. The molecule has 0 N–H and O–H groups in total. The Morgan fingerprint density at radius 1 is 1.55 bits per heavy atom. The molecule has 0 fully saturated rings. The second kappa shape index (κ2) is 5.93. The summed E-state index contributed by atoms with van der Waals surface area (Å²) in [6, 6.07) is 0. The molecule has 0 atom stereocenters. The Hall–Kier alpha value is -0.820. The molecule has 0 rings (SSSR count). The number of aldehydes is 1. The minimum Gasteiger partial charge on any atom is -0.298 e. The molecule has 60 valence electrons. The predicted octanol–water partition coefficient (Wildman–Crippen LogP) is 2.83. The minimum atomic E-state index is 0.425. The molecule has 0 saturated heterocycles. The van der Waals surface area contributed by atoms with E-state index in [2.05, 4.69) is 6.58 Å². The van der Waals surface area contributed by atoms with Crippen molar-refractivity contribution in [2.75, 3.05) is 0 Å². The summed E-state index contributed by atoms with van der Waals surface area (Å²) in [5, 5.41) is 0.425. The normalized spacial score (nSPS) is 12.0. The molecule has 0 aromatic carbocycles. The van der Waals surface area contributed by atoms with Crippen LogP contribution in [-0.2, 0) is 4.79 Å². The average molecular weight is 171 g/mol. The zero-order valence-electron chi connectivity index (χ0n) is 6.51. The second-order valence-corrected chi connectivity index (χ2v) is 2.50. The van der Waals surface area contributed by atoms with E-state index in [-0.39, 0.29) is 0 Å². The molecule has 0 heterocycles. The van der Waals surface area contributed by atoms with Crippen molar-refractivity contribution in [3.8, 4) is 0 Å². The van der Waals surface area contributed by atoms with Crippen LogP contribution in [0.2, 0.25) is 0 Å². The van der Waals surface area contributed by atoms with Gasteiger partial charge < -0.3 is 0 Å². The molecule has 11 heavy (non-hydrogen) atoms. The molecule has 0 amide bonds. The van der Waals surface area contributed by atoms with E-state index in [0.717, 1.165) is 12.7 Å². The van der Waals surface area contributed by atoms with E-state index in [9.17, 15) is 4.79 Å². The molecule has 0 spiro atoms. The Kier molecular flexibility index (Phi) is 5.49. The van der Waals surface area contributed by atoms with Crippen molar-refractivity contribution in [3.63, 3.8) is 0 Å². The summed E-state index contributed by atoms with van der Waals surface area (Å²) in [5.41, 5.74) is 0.634. The van der Waals surface area contributed by atoms with E-state index in [0.29, 0.717) is 10.6 Å². The highest BCUT2D eigenvalue weighted by Gasteiger charge is 1.85. The van der Waals surface area contributed by atoms with Crippen molar-refractivity contribution in [3.05, 3.63) is 35.4 Å². The summed E-state index contributed by atoms with van der Waals surface area (Å²) in [6.45, 7) is 5.42. The third-order valence-electron chi connectivity index (χ3n) is 1.03. The number of carbonyl (C=O) groups excluding carboxylic acids is 1. The highest BCUT2D eigenvalue weighted by atomic mass is 35.5. The monoisotopic (exact) mass is 170 g/mol.